The van der Waals surface area contributed by atoms with Crippen LogP contribution in [0.3, 0.4) is 0 Å². The van der Waals surface area contributed by atoms with E-state index in [0.29, 0.717) is 5.76 Å². The zero-order valence-electron chi connectivity index (χ0n) is 8.47. The Hall–Kier alpha value is -0.986. The average molecular weight is 282 g/mol. The van der Waals surface area contributed by atoms with Crippen molar-refractivity contribution in [1.82, 2.24) is 4.98 Å². The van der Waals surface area contributed by atoms with E-state index in [4.69, 9.17) is 4.42 Å². The van der Waals surface area contributed by atoms with Gasteiger partial charge in [-0.2, -0.15) is 12.1 Å². The second-order valence-electron chi connectivity index (χ2n) is 3.21. The van der Waals surface area contributed by atoms with Crippen molar-refractivity contribution < 1.29 is 37.1 Å². The van der Waals surface area contributed by atoms with Crippen molar-refractivity contribution in [3.05, 3.63) is 55.1 Å². The van der Waals surface area contributed by atoms with E-state index in [9.17, 15) is 0 Å². The Morgan fingerprint density at radius 3 is 2.88 bits per heavy atom. The first kappa shape index (κ1) is 11.5. The SMILES string of the molecule is [Y].[c-]1ccoc1-c1[c-]ccc2ccncc12. The van der Waals surface area contributed by atoms with Crippen molar-refractivity contribution in [1.29, 1.82) is 0 Å². The molecule has 0 spiro atoms. The van der Waals surface area contributed by atoms with E-state index in [1.54, 1.807) is 18.5 Å². The molecule has 2 nitrogen and oxygen atoms in total. The molecule has 0 fully saturated rings. The molecule has 0 aliphatic rings. The molecule has 2 aromatic heterocycles. The van der Waals surface area contributed by atoms with Gasteiger partial charge in [0.05, 0.1) is 0 Å². The van der Waals surface area contributed by atoms with Crippen LogP contribution >= 0.6 is 0 Å². The zero-order chi connectivity index (χ0) is 10.1. The predicted octanol–water partition coefficient (Wildman–Crippen LogP) is 3.09. The Bertz CT molecular complexity index is 584. The Kier molecular flexibility index (Phi) is 3.52. The summed E-state index contributed by atoms with van der Waals surface area (Å²) in [6.45, 7) is 0. The summed E-state index contributed by atoms with van der Waals surface area (Å²) in [5, 5.41) is 2.16. The molecule has 2 heterocycles. The standard InChI is InChI=1S/C13H7NO.Y/c1-3-10-6-7-14-9-12(10)11(4-1)13-5-2-8-15-13;/h1-3,6-9H;/q-2;. The summed E-state index contributed by atoms with van der Waals surface area (Å²) in [7, 11) is 0. The molecule has 0 unspecified atom stereocenters. The van der Waals surface area contributed by atoms with E-state index in [0.717, 1.165) is 16.3 Å². The molecule has 3 aromatic rings. The van der Waals surface area contributed by atoms with E-state index in [1.807, 2.05) is 24.4 Å². The normalized spacial score (nSPS) is 10.0. The molecule has 3 heteroatoms. The van der Waals surface area contributed by atoms with E-state index in [-0.39, 0.29) is 32.7 Å². The average Bonchev–Trinajstić information content (AvgIpc) is 2.82. The molecule has 16 heavy (non-hydrogen) atoms. The summed E-state index contributed by atoms with van der Waals surface area (Å²) >= 11 is 0. The van der Waals surface area contributed by atoms with Crippen LogP contribution in [0.1, 0.15) is 0 Å². The molecule has 0 atom stereocenters. The van der Waals surface area contributed by atoms with Crippen molar-refractivity contribution >= 4 is 10.8 Å². The largest absolute Gasteiger partial charge is 0.590 e. The van der Waals surface area contributed by atoms with Gasteiger partial charge in [-0.1, -0.05) is 11.8 Å². The Balaban J connectivity index is 0.000000963. The smallest absolute Gasteiger partial charge is 0.0247 e. The van der Waals surface area contributed by atoms with Crippen molar-refractivity contribution in [2.75, 3.05) is 0 Å². The van der Waals surface area contributed by atoms with Crippen LogP contribution in [0.4, 0.5) is 0 Å². The summed E-state index contributed by atoms with van der Waals surface area (Å²) in [6.07, 6.45) is 5.20. The van der Waals surface area contributed by atoms with Gasteiger partial charge >= 0.3 is 0 Å². The van der Waals surface area contributed by atoms with Crippen LogP contribution in [-0.4, -0.2) is 4.98 Å². The van der Waals surface area contributed by atoms with Gasteiger partial charge in [0.1, 0.15) is 0 Å². The molecule has 75 valence electrons. The van der Waals surface area contributed by atoms with Crippen molar-refractivity contribution in [2.24, 2.45) is 0 Å². The van der Waals surface area contributed by atoms with Gasteiger partial charge in [0.2, 0.25) is 0 Å². The van der Waals surface area contributed by atoms with Gasteiger partial charge in [-0.3, -0.25) is 4.98 Å². The molecule has 3 rings (SSSR count). The van der Waals surface area contributed by atoms with Crippen molar-refractivity contribution in [2.45, 2.75) is 0 Å². The number of benzene rings is 1. The maximum Gasteiger partial charge on any atom is 0.0247 e. The minimum absolute atomic E-state index is 0. The zero-order valence-corrected chi connectivity index (χ0v) is 11.3. The van der Waals surface area contributed by atoms with Crippen LogP contribution in [0.5, 0.6) is 0 Å². The van der Waals surface area contributed by atoms with E-state index >= 15 is 0 Å². The van der Waals surface area contributed by atoms with Gasteiger partial charge in [-0.05, 0) is 12.5 Å². The molecular formula is C13H7NOY-2. The fourth-order valence-electron chi connectivity index (χ4n) is 1.62. The number of nitrogens with zero attached hydrogens (tertiary/aromatic N) is 1. The maximum absolute atomic E-state index is 5.31. The minimum Gasteiger partial charge on any atom is -0.590 e. The third-order valence-electron chi connectivity index (χ3n) is 2.31. The van der Waals surface area contributed by atoms with Gasteiger partial charge in [0.25, 0.3) is 0 Å². The molecular weight excluding hydrogens is 275 g/mol. The third kappa shape index (κ3) is 1.95. The molecule has 0 aliphatic heterocycles. The van der Waals surface area contributed by atoms with E-state index < -0.39 is 0 Å². The number of aromatic nitrogens is 1. The molecule has 1 aromatic carbocycles. The van der Waals surface area contributed by atoms with Gasteiger partial charge < -0.3 is 4.42 Å². The van der Waals surface area contributed by atoms with Gasteiger partial charge in [-0.15, -0.1) is 22.9 Å². The van der Waals surface area contributed by atoms with Crippen LogP contribution in [0.2, 0.25) is 0 Å². The van der Waals surface area contributed by atoms with E-state index in [1.165, 1.54) is 0 Å². The van der Waals surface area contributed by atoms with Crippen LogP contribution in [0.15, 0.2) is 47.3 Å². The summed E-state index contributed by atoms with van der Waals surface area (Å²) in [5.41, 5.74) is 0.908. The fraction of sp³-hybridized carbons (Fsp3) is 0. The van der Waals surface area contributed by atoms with Crippen molar-refractivity contribution in [3.8, 4) is 11.3 Å². The topological polar surface area (TPSA) is 26.0 Å². The molecule has 0 saturated carbocycles. The number of furan rings is 1. The van der Waals surface area contributed by atoms with E-state index in [2.05, 4.69) is 17.1 Å². The number of hydrogen-bond acceptors (Lipinski definition) is 2. The Morgan fingerprint density at radius 1 is 1.12 bits per heavy atom. The first-order chi connectivity index (χ1) is 7.45. The molecule has 0 saturated heterocycles. The number of fused-ring (bicyclic) bond motifs is 1. The Morgan fingerprint density at radius 2 is 2.06 bits per heavy atom. The number of hydrogen-bond donors (Lipinski definition) is 0. The summed E-state index contributed by atoms with van der Waals surface area (Å²) in [4.78, 5) is 4.11. The molecule has 0 aliphatic carbocycles. The van der Waals surface area contributed by atoms with Crippen LogP contribution in [-0.2, 0) is 32.7 Å². The third-order valence-corrected chi connectivity index (χ3v) is 2.31. The number of pyridine rings is 1. The van der Waals surface area contributed by atoms with Crippen molar-refractivity contribution in [3.63, 3.8) is 0 Å². The first-order valence-corrected chi connectivity index (χ1v) is 4.65. The van der Waals surface area contributed by atoms with Crippen LogP contribution < -0.4 is 0 Å². The van der Waals surface area contributed by atoms with Crippen LogP contribution in [0.25, 0.3) is 22.1 Å². The predicted molar refractivity (Wildman–Crippen MR) is 57.1 cm³/mol. The second-order valence-corrected chi connectivity index (χ2v) is 3.21. The van der Waals surface area contributed by atoms with Crippen LogP contribution in [0, 0.1) is 12.1 Å². The van der Waals surface area contributed by atoms with Gasteiger partial charge in [-0.25, -0.2) is 11.6 Å². The quantitative estimate of drug-likeness (QED) is 0.641. The summed E-state index contributed by atoms with van der Waals surface area (Å²) in [6, 6.07) is 13.8. The Labute approximate surface area is 119 Å². The summed E-state index contributed by atoms with van der Waals surface area (Å²) < 4.78 is 5.31. The maximum atomic E-state index is 5.31. The van der Waals surface area contributed by atoms with Gasteiger partial charge in [0, 0.05) is 38.9 Å². The summed E-state index contributed by atoms with van der Waals surface area (Å²) in [5.74, 6) is 0.702. The molecule has 0 amide bonds. The molecule has 0 N–H and O–H groups in total. The monoisotopic (exact) mass is 282 g/mol. The molecule has 1 radical (unpaired) electrons. The van der Waals surface area contributed by atoms with Gasteiger partial charge in [0.15, 0.2) is 0 Å². The minimum atomic E-state index is 0. The number of rotatable bonds is 1. The second kappa shape index (κ2) is 4.90. The first-order valence-electron chi connectivity index (χ1n) is 4.65. The molecule has 0 bridgehead atoms. The fourth-order valence-corrected chi connectivity index (χ4v) is 1.62.